The first kappa shape index (κ1) is 19.5. The number of rotatable bonds is 8. The van der Waals surface area contributed by atoms with E-state index in [0.717, 1.165) is 23.6 Å². The maximum Gasteiger partial charge on any atom is 0.239 e. The van der Waals surface area contributed by atoms with Gasteiger partial charge in [0, 0.05) is 27.7 Å². The number of methoxy groups -OCH3 is 1. The number of carbonyl (C=O) groups is 1. The zero-order valence-electron chi connectivity index (χ0n) is 15.8. The summed E-state index contributed by atoms with van der Waals surface area (Å²) in [6, 6.07) is -0.199. The maximum atomic E-state index is 12.4. The average molecular weight is 324 g/mol. The van der Waals surface area contributed by atoms with Crippen LogP contribution in [0, 0.1) is 5.92 Å². The molecule has 1 atom stereocenters. The molecule has 0 radical (unpaired) electrons. The zero-order chi connectivity index (χ0) is 17.7. The Kier molecular flexibility index (Phi) is 7.06. The SMILES string of the molecule is COc1c(CN[C@H](CC(C)C)C(=O)N(C)C)c(C(C)C)nn1C. The van der Waals surface area contributed by atoms with Gasteiger partial charge in [-0.15, -0.1) is 0 Å². The van der Waals surface area contributed by atoms with Gasteiger partial charge < -0.3 is 15.0 Å². The molecule has 1 N–H and O–H groups in total. The summed E-state index contributed by atoms with van der Waals surface area (Å²) in [5.74, 6) is 1.60. The van der Waals surface area contributed by atoms with Crippen LogP contribution >= 0.6 is 0 Å². The molecule has 0 aliphatic rings. The van der Waals surface area contributed by atoms with E-state index < -0.39 is 0 Å². The predicted octanol–water partition coefficient (Wildman–Crippen LogP) is 2.14. The van der Waals surface area contributed by atoms with E-state index in [0.29, 0.717) is 18.4 Å². The van der Waals surface area contributed by atoms with Gasteiger partial charge in [-0.05, 0) is 18.3 Å². The smallest absolute Gasteiger partial charge is 0.239 e. The number of likely N-dealkylation sites (N-methyl/N-ethyl adjacent to an activating group) is 1. The Morgan fingerprint density at radius 3 is 2.35 bits per heavy atom. The molecule has 0 aliphatic carbocycles. The van der Waals surface area contributed by atoms with Gasteiger partial charge in [0.15, 0.2) is 0 Å². The van der Waals surface area contributed by atoms with Crippen LogP contribution < -0.4 is 10.1 Å². The molecular weight excluding hydrogens is 292 g/mol. The van der Waals surface area contributed by atoms with Crippen LogP contribution in [0.15, 0.2) is 0 Å². The normalized spacial score (nSPS) is 12.8. The minimum absolute atomic E-state index is 0.104. The van der Waals surface area contributed by atoms with Crippen LogP contribution in [0.3, 0.4) is 0 Å². The first-order valence-electron chi connectivity index (χ1n) is 8.23. The lowest BCUT2D eigenvalue weighted by atomic mass is 10.0. The van der Waals surface area contributed by atoms with Gasteiger partial charge in [-0.25, -0.2) is 4.68 Å². The highest BCUT2D eigenvalue weighted by Gasteiger charge is 2.24. The van der Waals surface area contributed by atoms with Gasteiger partial charge in [0.05, 0.1) is 24.4 Å². The standard InChI is InChI=1S/C17H32N4O2/c1-11(2)9-14(16(22)20(5)6)18-10-13-15(12(3)4)19-21(7)17(13)23-8/h11-12,14,18H,9-10H2,1-8H3/t14-/m1/s1. The fraction of sp³-hybridized carbons (Fsp3) is 0.765. The molecule has 0 saturated carbocycles. The number of aromatic nitrogens is 2. The second kappa shape index (κ2) is 8.34. The molecule has 1 rings (SSSR count). The van der Waals surface area contributed by atoms with Gasteiger partial charge in [-0.3, -0.25) is 4.79 Å². The third-order valence-corrected chi connectivity index (χ3v) is 3.83. The maximum absolute atomic E-state index is 12.4. The summed E-state index contributed by atoms with van der Waals surface area (Å²) in [6.07, 6.45) is 0.802. The molecule has 6 heteroatoms. The van der Waals surface area contributed by atoms with E-state index >= 15 is 0 Å². The molecule has 0 bridgehead atoms. The number of carbonyl (C=O) groups excluding carboxylic acids is 1. The van der Waals surface area contributed by atoms with Crippen molar-refractivity contribution in [2.24, 2.45) is 13.0 Å². The Morgan fingerprint density at radius 1 is 1.30 bits per heavy atom. The number of aryl methyl sites for hydroxylation is 1. The van der Waals surface area contributed by atoms with Crippen molar-refractivity contribution in [2.75, 3.05) is 21.2 Å². The van der Waals surface area contributed by atoms with E-state index in [-0.39, 0.29) is 11.9 Å². The third kappa shape index (κ3) is 4.96. The molecule has 0 unspecified atom stereocenters. The van der Waals surface area contributed by atoms with Crippen molar-refractivity contribution in [3.63, 3.8) is 0 Å². The first-order valence-corrected chi connectivity index (χ1v) is 8.23. The second-order valence-electron chi connectivity index (χ2n) is 6.95. The summed E-state index contributed by atoms with van der Waals surface area (Å²) in [5, 5.41) is 7.96. The van der Waals surface area contributed by atoms with Crippen LogP contribution in [0.25, 0.3) is 0 Å². The van der Waals surface area contributed by atoms with Crippen LogP contribution in [0.5, 0.6) is 5.88 Å². The van der Waals surface area contributed by atoms with Crippen molar-refractivity contribution in [1.82, 2.24) is 20.0 Å². The Morgan fingerprint density at radius 2 is 1.91 bits per heavy atom. The molecular formula is C17H32N4O2. The van der Waals surface area contributed by atoms with E-state index in [1.165, 1.54) is 0 Å². The lowest BCUT2D eigenvalue weighted by Gasteiger charge is -2.23. The number of nitrogens with zero attached hydrogens (tertiary/aromatic N) is 3. The van der Waals surface area contributed by atoms with Gasteiger partial charge in [0.2, 0.25) is 11.8 Å². The van der Waals surface area contributed by atoms with Crippen molar-refractivity contribution in [1.29, 1.82) is 0 Å². The molecule has 0 saturated heterocycles. The Labute approximate surface area is 140 Å². The number of hydrogen-bond acceptors (Lipinski definition) is 4. The second-order valence-corrected chi connectivity index (χ2v) is 6.95. The third-order valence-electron chi connectivity index (χ3n) is 3.83. The molecule has 0 aliphatic heterocycles. The van der Waals surface area contributed by atoms with E-state index in [2.05, 4.69) is 38.1 Å². The largest absolute Gasteiger partial charge is 0.481 e. The number of nitrogens with one attached hydrogen (secondary N) is 1. The van der Waals surface area contributed by atoms with Crippen LogP contribution in [0.4, 0.5) is 0 Å². The summed E-state index contributed by atoms with van der Waals surface area (Å²) in [4.78, 5) is 14.0. The Bertz CT molecular complexity index is 521. The molecule has 6 nitrogen and oxygen atoms in total. The highest BCUT2D eigenvalue weighted by molar-refractivity contribution is 5.81. The van der Waals surface area contributed by atoms with Crippen LogP contribution in [-0.2, 0) is 18.4 Å². The van der Waals surface area contributed by atoms with Gasteiger partial charge in [-0.2, -0.15) is 5.10 Å². The summed E-state index contributed by atoms with van der Waals surface area (Å²) in [6.45, 7) is 9.05. The summed E-state index contributed by atoms with van der Waals surface area (Å²) < 4.78 is 7.25. The van der Waals surface area contributed by atoms with Gasteiger partial charge in [0.25, 0.3) is 0 Å². The van der Waals surface area contributed by atoms with Crippen molar-refractivity contribution in [2.45, 2.75) is 52.6 Å². The number of hydrogen-bond donors (Lipinski definition) is 1. The predicted molar refractivity (Wildman–Crippen MR) is 92.6 cm³/mol. The highest BCUT2D eigenvalue weighted by Crippen LogP contribution is 2.27. The van der Waals surface area contributed by atoms with E-state index in [1.807, 2.05) is 7.05 Å². The molecule has 0 spiro atoms. The van der Waals surface area contributed by atoms with Crippen LogP contribution in [0.1, 0.15) is 51.3 Å². The van der Waals surface area contributed by atoms with E-state index in [9.17, 15) is 4.79 Å². The molecule has 23 heavy (non-hydrogen) atoms. The summed E-state index contributed by atoms with van der Waals surface area (Å²) in [7, 11) is 7.12. The first-order chi connectivity index (χ1) is 10.7. The van der Waals surface area contributed by atoms with Gasteiger partial charge in [-0.1, -0.05) is 27.7 Å². The molecule has 1 aromatic rings. The molecule has 0 aromatic carbocycles. The number of ether oxygens (including phenoxy) is 1. The van der Waals surface area contributed by atoms with Gasteiger partial charge >= 0.3 is 0 Å². The van der Waals surface area contributed by atoms with Crippen molar-refractivity contribution < 1.29 is 9.53 Å². The number of amides is 1. The van der Waals surface area contributed by atoms with Crippen molar-refractivity contribution >= 4 is 5.91 Å². The van der Waals surface area contributed by atoms with E-state index in [4.69, 9.17) is 4.74 Å². The summed E-state index contributed by atoms with van der Waals surface area (Å²) >= 11 is 0. The molecule has 132 valence electrons. The van der Waals surface area contributed by atoms with E-state index in [1.54, 1.807) is 30.8 Å². The molecule has 0 fully saturated rings. The van der Waals surface area contributed by atoms with Crippen LogP contribution in [0.2, 0.25) is 0 Å². The lowest BCUT2D eigenvalue weighted by Crippen LogP contribution is -2.44. The minimum atomic E-state index is -0.199. The molecule has 1 heterocycles. The van der Waals surface area contributed by atoms with Gasteiger partial charge in [0.1, 0.15) is 0 Å². The minimum Gasteiger partial charge on any atom is -0.481 e. The zero-order valence-corrected chi connectivity index (χ0v) is 15.8. The Balaban J connectivity index is 2.99. The highest BCUT2D eigenvalue weighted by atomic mass is 16.5. The quantitative estimate of drug-likeness (QED) is 0.796. The molecule has 1 aromatic heterocycles. The Hall–Kier alpha value is -1.56. The fourth-order valence-electron chi connectivity index (χ4n) is 2.74. The summed E-state index contributed by atoms with van der Waals surface area (Å²) in [5.41, 5.74) is 2.04. The fourth-order valence-corrected chi connectivity index (χ4v) is 2.74. The van der Waals surface area contributed by atoms with Crippen LogP contribution in [-0.4, -0.2) is 47.8 Å². The topological polar surface area (TPSA) is 59.4 Å². The van der Waals surface area contributed by atoms with Crippen molar-refractivity contribution in [3.8, 4) is 5.88 Å². The lowest BCUT2D eigenvalue weighted by molar-refractivity contribution is -0.131. The van der Waals surface area contributed by atoms with Crippen molar-refractivity contribution in [3.05, 3.63) is 11.3 Å². The monoisotopic (exact) mass is 324 g/mol. The molecule has 1 amide bonds. The average Bonchev–Trinajstić information content (AvgIpc) is 2.78.